The molecule has 0 unspecified atom stereocenters. The fourth-order valence-corrected chi connectivity index (χ4v) is 4.10. The Kier molecular flexibility index (Phi) is 3.26. The highest BCUT2D eigenvalue weighted by Crippen LogP contribution is 2.38. The van der Waals surface area contributed by atoms with Gasteiger partial charge in [0, 0.05) is 18.3 Å². The summed E-state index contributed by atoms with van der Waals surface area (Å²) >= 11 is 1.66. The molecule has 124 valence electrons. The molecule has 2 aromatic heterocycles. The van der Waals surface area contributed by atoms with E-state index in [9.17, 15) is 0 Å². The second-order valence-electron chi connectivity index (χ2n) is 5.79. The van der Waals surface area contributed by atoms with Gasteiger partial charge in [0.2, 0.25) is 6.79 Å². The van der Waals surface area contributed by atoms with Crippen LogP contribution in [0.3, 0.4) is 0 Å². The number of fused-ring (bicyclic) bond motifs is 2. The van der Waals surface area contributed by atoms with Crippen LogP contribution in [0, 0.1) is 0 Å². The molecule has 0 amide bonds. The van der Waals surface area contributed by atoms with E-state index in [1.54, 1.807) is 11.3 Å². The Morgan fingerprint density at radius 3 is 2.72 bits per heavy atom. The van der Waals surface area contributed by atoms with Gasteiger partial charge in [-0.1, -0.05) is 41.7 Å². The van der Waals surface area contributed by atoms with Crippen LogP contribution in [0.1, 0.15) is 5.69 Å². The number of nitrogens with zero attached hydrogens (tertiary/aromatic N) is 2. The number of benzene rings is 2. The van der Waals surface area contributed by atoms with Crippen molar-refractivity contribution in [2.24, 2.45) is 5.73 Å². The van der Waals surface area contributed by atoms with Crippen molar-refractivity contribution in [2.75, 3.05) is 6.79 Å². The van der Waals surface area contributed by atoms with Crippen LogP contribution in [0.15, 0.2) is 54.7 Å². The lowest BCUT2D eigenvalue weighted by molar-refractivity contribution is 0.174. The summed E-state index contributed by atoms with van der Waals surface area (Å²) in [6, 6.07) is 16.2. The molecular formula is C19H15N3O2S. The van der Waals surface area contributed by atoms with Crippen LogP contribution in [-0.2, 0) is 6.54 Å². The summed E-state index contributed by atoms with van der Waals surface area (Å²) in [5, 5.41) is 0. The summed E-state index contributed by atoms with van der Waals surface area (Å²) in [5.74, 6) is 1.52. The number of aromatic nitrogens is 2. The molecule has 3 heterocycles. The maximum atomic E-state index is 6.05. The standard InChI is InChI=1S/C19H15N3O2S/c20-9-14-18(13-6-7-15-16(8-13)24-11-23-15)21-19-22(14)10-17(25-19)12-4-2-1-3-5-12/h1-8,10H,9,11,20H2. The van der Waals surface area contributed by atoms with Crippen molar-refractivity contribution >= 4 is 16.3 Å². The third-order valence-corrected chi connectivity index (χ3v) is 5.35. The highest BCUT2D eigenvalue weighted by Gasteiger charge is 2.19. The topological polar surface area (TPSA) is 61.8 Å². The molecule has 1 aliphatic rings. The van der Waals surface area contributed by atoms with Gasteiger partial charge < -0.3 is 15.2 Å². The number of nitrogens with two attached hydrogens (primary N) is 1. The first kappa shape index (κ1) is 14.5. The van der Waals surface area contributed by atoms with Gasteiger partial charge in [0.25, 0.3) is 0 Å². The zero-order valence-corrected chi connectivity index (χ0v) is 14.1. The summed E-state index contributed by atoms with van der Waals surface area (Å²) in [5.41, 5.74) is 10.1. The summed E-state index contributed by atoms with van der Waals surface area (Å²) < 4.78 is 13.0. The molecule has 0 radical (unpaired) electrons. The van der Waals surface area contributed by atoms with E-state index in [1.807, 2.05) is 36.4 Å². The molecule has 0 spiro atoms. The third kappa shape index (κ3) is 2.30. The van der Waals surface area contributed by atoms with E-state index in [0.29, 0.717) is 6.54 Å². The van der Waals surface area contributed by atoms with Crippen molar-refractivity contribution in [3.8, 4) is 33.2 Å². The molecule has 5 rings (SSSR count). The molecule has 2 aromatic carbocycles. The summed E-state index contributed by atoms with van der Waals surface area (Å²) in [6.45, 7) is 0.678. The van der Waals surface area contributed by atoms with Crippen molar-refractivity contribution in [3.63, 3.8) is 0 Å². The molecule has 0 aliphatic carbocycles. The minimum atomic E-state index is 0.265. The predicted molar refractivity (Wildman–Crippen MR) is 98.0 cm³/mol. The predicted octanol–water partition coefficient (Wildman–Crippen LogP) is 3.92. The van der Waals surface area contributed by atoms with E-state index in [2.05, 4.69) is 22.7 Å². The second-order valence-corrected chi connectivity index (χ2v) is 6.80. The lowest BCUT2D eigenvalue weighted by atomic mass is 10.1. The van der Waals surface area contributed by atoms with Crippen LogP contribution in [-0.4, -0.2) is 16.2 Å². The maximum Gasteiger partial charge on any atom is 0.231 e. The van der Waals surface area contributed by atoms with Crippen molar-refractivity contribution < 1.29 is 9.47 Å². The number of rotatable bonds is 3. The van der Waals surface area contributed by atoms with E-state index < -0.39 is 0 Å². The minimum Gasteiger partial charge on any atom is -0.454 e. The first-order chi connectivity index (χ1) is 12.3. The minimum absolute atomic E-state index is 0.265. The van der Waals surface area contributed by atoms with E-state index in [0.717, 1.165) is 33.4 Å². The fourth-order valence-electron chi connectivity index (χ4n) is 3.10. The Bertz CT molecular complexity index is 1070. The summed E-state index contributed by atoms with van der Waals surface area (Å²) in [7, 11) is 0. The van der Waals surface area contributed by atoms with Gasteiger partial charge in [-0.3, -0.25) is 4.40 Å². The normalized spacial score (nSPS) is 12.8. The smallest absolute Gasteiger partial charge is 0.231 e. The summed E-state index contributed by atoms with van der Waals surface area (Å²) in [4.78, 5) is 6.94. The molecule has 6 heteroatoms. The number of thiazole rings is 1. The molecule has 0 fully saturated rings. The Morgan fingerprint density at radius 1 is 1.04 bits per heavy atom. The molecule has 0 saturated carbocycles. The van der Waals surface area contributed by atoms with Gasteiger partial charge >= 0.3 is 0 Å². The van der Waals surface area contributed by atoms with Crippen LogP contribution < -0.4 is 15.2 Å². The Balaban J connectivity index is 1.64. The van der Waals surface area contributed by atoms with E-state index >= 15 is 0 Å². The average Bonchev–Trinajstić information content (AvgIpc) is 3.35. The molecule has 0 saturated heterocycles. The Hall–Kier alpha value is -2.83. The van der Waals surface area contributed by atoms with Gasteiger partial charge in [0.1, 0.15) is 0 Å². The van der Waals surface area contributed by atoms with Crippen LogP contribution in [0.5, 0.6) is 11.5 Å². The van der Waals surface area contributed by atoms with Crippen molar-refractivity contribution in [3.05, 3.63) is 60.4 Å². The average molecular weight is 349 g/mol. The fraction of sp³-hybridized carbons (Fsp3) is 0.105. The highest BCUT2D eigenvalue weighted by atomic mass is 32.1. The van der Waals surface area contributed by atoms with Crippen molar-refractivity contribution in [1.29, 1.82) is 0 Å². The molecule has 25 heavy (non-hydrogen) atoms. The van der Waals surface area contributed by atoms with Gasteiger partial charge in [0.15, 0.2) is 16.5 Å². The monoisotopic (exact) mass is 349 g/mol. The number of hydrogen-bond donors (Lipinski definition) is 1. The second kappa shape index (κ2) is 5.61. The maximum absolute atomic E-state index is 6.05. The molecular weight excluding hydrogens is 334 g/mol. The van der Waals surface area contributed by atoms with Gasteiger partial charge in [-0.15, -0.1) is 0 Å². The molecule has 5 nitrogen and oxygen atoms in total. The van der Waals surface area contributed by atoms with Crippen molar-refractivity contribution in [1.82, 2.24) is 9.38 Å². The van der Waals surface area contributed by atoms with Gasteiger partial charge in [-0.05, 0) is 23.8 Å². The Labute approximate surface area is 148 Å². The first-order valence-corrected chi connectivity index (χ1v) is 8.81. The molecule has 1 aliphatic heterocycles. The van der Waals surface area contributed by atoms with Crippen LogP contribution >= 0.6 is 11.3 Å². The summed E-state index contributed by atoms with van der Waals surface area (Å²) in [6.07, 6.45) is 2.11. The number of ether oxygens (including phenoxy) is 2. The third-order valence-electron chi connectivity index (χ3n) is 4.32. The zero-order chi connectivity index (χ0) is 16.8. The molecule has 0 bridgehead atoms. The largest absolute Gasteiger partial charge is 0.454 e. The number of imidazole rings is 1. The molecule has 2 N–H and O–H groups in total. The van der Waals surface area contributed by atoms with E-state index in [-0.39, 0.29) is 6.79 Å². The van der Waals surface area contributed by atoms with Gasteiger partial charge in [-0.25, -0.2) is 4.98 Å². The molecule has 4 aromatic rings. The van der Waals surface area contributed by atoms with E-state index in [1.165, 1.54) is 10.4 Å². The van der Waals surface area contributed by atoms with Crippen LogP contribution in [0.4, 0.5) is 0 Å². The van der Waals surface area contributed by atoms with Gasteiger partial charge in [0.05, 0.1) is 16.3 Å². The number of hydrogen-bond acceptors (Lipinski definition) is 5. The van der Waals surface area contributed by atoms with Gasteiger partial charge in [-0.2, -0.15) is 0 Å². The first-order valence-electron chi connectivity index (χ1n) is 8.00. The highest BCUT2D eigenvalue weighted by molar-refractivity contribution is 7.20. The lowest BCUT2D eigenvalue weighted by Crippen LogP contribution is -2.01. The lowest BCUT2D eigenvalue weighted by Gasteiger charge is -2.03. The van der Waals surface area contributed by atoms with E-state index in [4.69, 9.17) is 20.2 Å². The van der Waals surface area contributed by atoms with Crippen LogP contribution in [0.2, 0.25) is 0 Å². The molecule has 0 atom stereocenters. The van der Waals surface area contributed by atoms with Crippen LogP contribution in [0.25, 0.3) is 26.7 Å². The SMILES string of the molecule is NCc1c(-c2ccc3c(c2)OCO3)nc2sc(-c3ccccc3)cn12. The Morgan fingerprint density at radius 2 is 1.88 bits per heavy atom. The quantitative estimate of drug-likeness (QED) is 0.609. The van der Waals surface area contributed by atoms with Crippen molar-refractivity contribution in [2.45, 2.75) is 6.54 Å². The zero-order valence-electron chi connectivity index (χ0n) is 13.3.